The van der Waals surface area contributed by atoms with Crippen LogP contribution in [0.2, 0.25) is 0 Å². The van der Waals surface area contributed by atoms with Crippen LogP contribution in [0.15, 0.2) is 43.0 Å². The van der Waals surface area contributed by atoms with Gasteiger partial charge in [0.15, 0.2) is 22.8 Å². The third-order valence-electron chi connectivity index (χ3n) is 7.78. The predicted octanol–water partition coefficient (Wildman–Crippen LogP) is 3.41. The number of esters is 1. The fraction of sp³-hybridized carbons (Fsp3) is 0.567. The van der Waals surface area contributed by atoms with Gasteiger partial charge in [0.1, 0.15) is 41.6 Å². The number of aromatic nitrogens is 4. The van der Waals surface area contributed by atoms with Crippen LogP contribution in [0.1, 0.15) is 46.4 Å². The summed E-state index contributed by atoms with van der Waals surface area (Å²) in [7, 11) is -4.03. The fourth-order valence-corrected chi connectivity index (χ4v) is 7.17. The van der Waals surface area contributed by atoms with Crippen molar-refractivity contribution in [3.8, 4) is 0 Å². The molecule has 0 radical (unpaired) electrons. The zero-order chi connectivity index (χ0) is 35.3. The predicted molar refractivity (Wildman–Crippen MR) is 182 cm³/mol. The van der Waals surface area contributed by atoms with Gasteiger partial charge in [-0.25, -0.2) is 24.6 Å². The molecule has 264 valence electrons. The van der Waals surface area contributed by atoms with Crippen molar-refractivity contribution in [3.05, 3.63) is 48.5 Å². The number of alkyl halides is 1. The van der Waals surface area contributed by atoms with Crippen LogP contribution in [-0.4, -0.2) is 84.4 Å². The fourth-order valence-electron chi connectivity index (χ4n) is 4.64. The number of benzene rings is 1. The second-order valence-corrected chi connectivity index (χ2v) is 16.3. The summed E-state index contributed by atoms with van der Waals surface area (Å²) in [6, 6.07) is 8.43. The minimum atomic E-state index is -4.03. The highest BCUT2D eigenvalue weighted by Crippen LogP contribution is 2.48. The first-order chi connectivity index (χ1) is 22.6. The summed E-state index contributed by atoms with van der Waals surface area (Å²) in [5, 5.41) is 13.7. The molecule has 1 saturated heterocycles. The molecule has 6 N–H and O–H groups in total. The number of hydrogen-bond acceptors (Lipinski definition) is 14. The topological polar surface area (TPSA) is 216 Å². The Morgan fingerprint density at radius 1 is 1.23 bits per heavy atom. The first kappa shape index (κ1) is 38.1. The summed E-state index contributed by atoms with van der Waals surface area (Å²) in [6.07, 6.45) is -0.496. The molecule has 3 aromatic rings. The van der Waals surface area contributed by atoms with E-state index in [2.05, 4.69) is 20.0 Å². The number of nitrogen functional groups attached to an aromatic ring is 1. The number of nitrogens with one attached hydrogen (secondary N) is 1. The summed E-state index contributed by atoms with van der Waals surface area (Å²) in [5.41, 5.74) is 12.3. The molecule has 48 heavy (non-hydrogen) atoms. The van der Waals surface area contributed by atoms with Gasteiger partial charge in [0.05, 0.1) is 25.0 Å². The molecule has 1 aliphatic heterocycles. The number of nitrogens with zero attached hydrogens (tertiary/aromatic N) is 4. The lowest BCUT2D eigenvalue weighted by atomic mass is 9.97. The number of fused-ring (bicyclic) bond motifs is 1. The maximum atomic E-state index is 13.9. The second kappa shape index (κ2) is 15.9. The second-order valence-electron chi connectivity index (χ2n) is 12.6. The van der Waals surface area contributed by atoms with E-state index in [1.165, 1.54) is 12.7 Å². The minimum absolute atomic E-state index is 0.104. The molecule has 4 rings (SSSR count). The smallest absolute Gasteiger partial charge is 0.405 e. The van der Waals surface area contributed by atoms with Crippen LogP contribution < -0.4 is 16.6 Å². The van der Waals surface area contributed by atoms with Gasteiger partial charge >= 0.3 is 13.7 Å². The monoisotopic (exact) mass is 727 g/mol. The van der Waals surface area contributed by atoms with E-state index in [4.69, 9.17) is 41.6 Å². The quantitative estimate of drug-likeness (QED) is 0.0720. The first-order valence-electron chi connectivity index (χ1n) is 15.3. The molecule has 0 spiro atoms. The maximum absolute atomic E-state index is 13.9. The molecule has 0 amide bonds. The molecular formula is C30H43ClN7O8PS. The van der Waals surface area contributed by atoms with E-state index in [1.54, 1.807) is 39.2 Å². The molecule has 0 bridgehead atoms. The summed E-state index contributed by atoms with van der Waals surface area (Å²) in [4.78, 5) is 36.2. The van der Waals surface area contributed by atoms with Crippen LogP contribution in [0.5, 0.6) is 0 Å². The van der Waals surface area contributed by atoms with Crippen molar-refractivity contribution < 1.29 is 37.8 Å². The molecular weight excluding hydrogens is 685 g/mol. The summed E-state index contributed by atoms with van der Waals surface area (Å²) in [5.74, 6) is -0.372. The normalized spacial score (nSPS) is 23.3. The lowest BCUT2D eigenvalue weighted by Crippen LogP contribution is -2.40. The Morgan fingerprint density at radius 2 is 1.94 bits per heavy atom. The van der Waals surface area contributed by atoms with E-state index in [1.807, 2.05) is 30.3 Å². The van der Waals surface area contributed by atoms with Crippen LogP contribution >= 0.6 is 31.1 Å². The van der Waals surface area contributed by atoms with Crippen molar-refractivity contribution in [3.63, 3.8) is 0 Å². The number of anilines is 1. The van der Waals surface area contributed by atoms with Crippen LogP contribution in [0.4, 0.5) is 5.82 Å². The zero-order valence-corrected chi connectivity index (χ0v) is 29.9. The third-order valence-corrected chi connectivity index (χ3v) is 10.9. The molecule has 1 unspecified atom stereocenters. The minimum Gasteiger partial charge on any atom is -0.463 e. The van der Waals surface area contributed by atoms with Gasteiger partial charge in [-0.3, -0.25) is 23.2 Å². The Kier molecular flexibility index (Phi) is 12.6. The lowest BCUT2D eigenvalue weighted by Gasteiger charge is -2.26. The summed E-state index contributed by atoms with van der Waals surface area (Å²) in [6.45, 7) is 8.05. The van der Waals surface area contributed by atoms with Crippen molar-refractivity contribution in [2.75, 3.05) is 31.3 Å². The average molecular weight is 728 g/mol. The highest BCUT2D eigenvalue weighted by Gasteiger charge is 2.54. The number of rotatable bonds is 16. The highest BCUT2D eigenvalue weighted by atomic mass is 35.5. The largest absolute Gasteiger partial charge is 0.463 e. The first-order valence-corrected chi connectivity index (χ1v) is 18.2. The van der Waals surface area contributed by atoms with Gasteiger partial charge in [0, 0.05) is 12.3 Å². The molecule has 6 atom stereocenters. The van der Waals surface area contributed by atoms with Crippen molar-refractivity contribution in [2.24, 2.45) is 17.1 Å². The van der Waals surface area contributed by atoms with Crippen molar-refractivity contribution in [1.82, 2.24) is 24.6 Å². The lowest BCUT2D eigenvalue weighted by molar-refractivity contribution is -0.150. The number of carbonyl (C=O) groups excluding carboxylic acids is 2. The van der Waals surface area contributed by atoms with Gasteiger partial charge in [-0.2, -0.15) is 0 Å². The van der Waals surface area contributed by atoms with Gasteiger partial charge in [-0.1, -0.05) is 55.9 Å². The number of carbonyl (C=O) groups is 2. The average Bonchev–Trinajstić information content (AvgIpc) is 3.58. The SMILES string of the molecule is CC(C)[C@@H](N)C(=O)OCC(C)(C)C(=O)SCCOP(=O)(NCc1ccccc1)OC[C@H]1O[C@@H](n2cnc3c(N)ncnc32)[C@](C)(Cl)[C@@H]1O. The Balaban J connectivity index is 1.38. The van der Waals surface area contributed by atoms with Crippen LogP contribution in [0.25, 0.3) is 11.2 Å². The van der Waals surface area contributed by atoms with Crippen LogP contribution in [-0.2, 0) is 39.2 Å². The molecule has 0 aliphatic carbocycles. The van der Waals surface area contributed by atoms with E-state index in [0.29, 0.717) is 11.2 Å². The van der Waals surface area contributed by atoms with E-state index in [9.17, 15) is 19.3 Å². The molecule has 1 aromatic carbocycles. The Labute approximate surface area is 288 Å². The molecule has 0 saturated carbocycles. The molecule has 1 fully saturated rings. The van der Waals surface area contributed by atoms with Crippen molar-refractivity contribution in [2.45, 2.75) is 70.5 Å². The van der Waals surface area contributed by atoms with Crippen LogP contribution in [0, 0.1) is 11.3 Å². The number of hydrogen-bond donors (Lipinski definition) is 4. The molecule has 15 nitrogen and oxygen atoms in total. The number of halogens is 1. The van der Waals surface area contributed by atoms with E-state index < -0.39 is 48.5 Å². The number of nitrogens with two attached hydrogens (primary N) is 2. The van der Waals surface area contributed by atoms with E-state index in [-0.39, 0.29) is 49.0 Å². The third kappa shape index (κ3) is 9.11. The Hall–Kier alpha value is -2.66. The molecule has 18 heteroatoms. The van der Waals surface area contributed by atoms with Gasteiger partial charge in [0.2, 0.25) is 0 Å². The van der Waals surface area contributed by atoms with Gasteiger partial charge < -0.3 is 26.0 Å². The van der Waals surface area contributed by atoms with E-state index >= 15 is 0 Å². The molecule has 3 heterocycles. The van der Waals surface area contributed by atoms with Crippen LogP contribution in [0.3, 0.4) is 0 Å². The van der Waals surface area contributed by atoms with Gasteiger partial charge in [0.25, 0.3) is 0 Å². The summed E-state index contributed by atoms with van der Waals surface area (Å²) >= 11 is 7.75. The maximum Gasteiger partial charge on any atom is 0.405 e. The standard InChI is InChI=1S/C30H43ClN7O8PS/c1-18(2)21(32)26(40)43-15-29(3,4)28(41)48-12-11-44-47(42,37-13-19-9-7-6-8-10-19)45-14-20-23(39)30(5,31)27(46-20)38-17-36-22-24(33)34-16-35-25(22)38/h6-10,16-18,20-21,23,27,39H,11-15,32H2,1-5H3,(H,37,42)(H2,33,34,35)/t20-,21-,23-,27-,30-,47?/m1/s1. The van der Waals surface area contributed by atoms with Gasteiger partial charge in [-0.15, -0.1) is 11.6 Å². The zero-order valence-electron chi connectivity index (χ0n) is 27.4. The highest BCUT2D eigenvalue weighted by molar-refractivity contribution is 8.13. The molecule has 2 aromatic heterocycles. The van der Waals surface area contributed by atoms with E-state index in [0.717, 1.165) is 17.3 Å². The number of thioether (sulfide) groups is 1. The van der Waals surface area contributed by atoms with Gasteiger partial charge in [-0.05, 0) is 32.3 Å². The van der Waals surface area contributed by atoms with Crippen molar-refractivity contribution >= 4 is 59.2 Å². The Morgan fingerprint density at radius 3 is 2.62 bits per heavy atom. The molecule has 1 aliphatic rings. The number of ether oxygens (including phenoxy) is 2. The number of aliphatic hydroxyl groups excluding tert-OH is 1. The summed E-state index contributed by atoms with van der Waals surface area (Å²) < 4.78 is 38.4. The number of imidazole rings is 1. The Bertz CT molecular complexity index is 1610. The number of aliphatic hydroxyl groups is 1. The van der Waals surface area contributed by atoms with Crippen molar-refractivity contribution in [1.29, 1.82) is 0 Å².